The second kappa shape index (κ2) is 7.04. The Balaban J connectivity index is 1.72. The maximum Gasteiger partial charge on any atom is 0.329 e. The van der Waals surface area contributed by atoms with Crippen LogP contribution in [0.15, 0.2) is 47.3 Å². The Morgan fingerprint density at radius 1 is 1.07 bits per heavy atom. The fourth-order valence-corrected chi connectivity index (χ4v) is 4.10. The van der Waals surface area contributed by atoms with Gasteiger partial charge in [0.15, 0.2) is 0 Å². The quantitative estimate of drug-likeness (QED) is 0.772. The zero-order chi connectivity index (χ0) is 19.0. The number of nitrogens with two attached hydrogens (primary N) is 1. The number of para-hydroxylation sites is 2. The van der Waals surface area contributed by atoms with Crippen molar-refractivity contribution in [3.05, 3.63) is 64.1 Å². The molecule has 0 radical (unpaired) electrons. The fourth-order valence-electron chi connectivity index (χ4n) is 4.10. The van der Waals surface area contributed by atoms with Crippen LogP contribution >= 0.6 is 0 Å². The van der Waals surface area contributed by atoms with Crippen LogP contribution in [0.3, 0.4) is 0 Å². The van der Waals surface area contributed by atoms with Gasteiger partial charge < -0.3 is 10.6 Å². The number of aromatic nitrogens is 2. The van der Waals surface area contributed by atoms with Crippen molar-refractivity contribution in [2.24, 2.45) is 5.73 Å². The highest BCUT2D eigenvalue weighted by atomic mass is 16.2. The highest BCUT2D eigenvalue weighted by Crippen LogP contribution is 2.30. The van der Waals surface area contributed by atoms with Gasteiger partial charge in [0, 0.05) is 25.3 Å². The second-order valence-electron chi connectivity index (χ2n) is 6.87. The minimum Gasteiger partial charge on any atom is -0.326 e. The number of hydrogen-bond acceptors (Lipinski definition) is 3. The van der Waals surface area contributed by atoms with Crippen LogP contribution in [0.4, 0.5) is 5.69 Å². The Labute approximate surface area is 157 Å². The van der Waals surface area contributed by atoms with Crippen LogP contribution in [0.5, 0.6) is 0 Å². The molecule has 0 atom stereocenters. The Morgan fingerprint density at radius 3 is 2.52 bits per heavy atom. The minimum absolute atomic E-state index is 0.0403. The first-order chi connectivity index (χ1) is 13.2. The molecule has 0 saturated heterocycles. The summed E-state index contributed by atoms with van der Waals surface area (Å²) in [5.74, 6) is -0.0637. The molecule has 1 aliphatic heterocycles. The Kier molecular flexibility index (Phi) is 4.58. The van der Waals surface area contributed by atoms with E-state index in [0.29, 0.717) is 19.6 Å². The van der Waals surface area contributed by atoms with Crippen molar-refractivity contribution in [2.45, 2.75) is 39.4 Å². The van der Waals surface area contributed by atoms with E-state index in [-0.39, 0.29) is 18.1 Å². The van der Waals surface area contributed by atoms with E-state index in [1.807, 2.05) is 54.3 Å². The number of anilines is 1. The molecule has 1 aromatic heterocycles. The predicted molar refractivity (Wildman–Crippen MR) is 107 cm³/mol. The van der Waals surface area contributed by atoms with Gasteiger partial charge in [-0.3, -0.25) is 13.9 Å². The average molecular weight is 364 g/mol. The topological polar surface area (TPSA) is 73.3 Å². The van der Waals surface area contributed by atoms with Gasteiger partial charge in [0.05, 0.1) is 11.0 Å². The molecule has 0 bridgehead atoms. The second-order valence-corrected chi connectivity index (χ2v) is 6.87. The van der Waals surface area contributed by atoms with Crippen LogP contribution in [0.25, 0.3) is 11.0 Å². The van der Waals surface area contributed by atoms with E-state index >= 15 is 0 Å². The van der Waals surface area contributed by atoms with Crippen LogP contribution in [-0.2, 0) is 30.8 Å². The minimum atomic E-state index is -0.139. The fraction of sp³-hybridized carbons (Fsp3) is 0.333. The molecule has 3 aromatic rings. The lowest BCUT2D eigenvalue weighted by molar-refractivity contribution is -0.119. The summed E-state index contributed by atoms with van der Waals surface area (Å²) in [7, 11) is 0. The van der Waals surface area contributed by atoms with Crippen LogP contribution in [0, 0.1) is 0 Å². The molecule has 2 aromatic carbocycles. The van der Waals surface area contributed by atoms with E-state index in [1.165, 1.54) is 0 Å². The number of fused-ring (bicyclic) bond motifs is 2. The molecule has 6 nitrogen and oxygen atoms in total. The van der Waals surface area contributed by atoms with Gasteiger partial charge >= 0.3 is 5.69 Å². The standard InChI is InChI=1S/C21H24N4O2/c1-2-23-18-9-3-4-10-19(18)25(21(23)27)14-20(26)24-12-6-8-16-15(13-22)7-5-11-17(16)24/h3-5,7,9-11H,2,6,8,12-14,22H2,1H3. The molecule has 2 heterocycles. The molecule has 140 valence electrons. The lowest BCUT2D eigenvalue weighted by Crippen LogP contribution is -2.40. The molecule has 0 fully saturated rings. The highest BCUT2D eigenvalue weighted by Gasteiger charge is 2.25. The lowest BCUT2D eigenvalue weighted by atomic mass is 9.96. The Morgan fingerprint density at radius 2 is 1.81 bits per heavy atom. The summed E-state index contributed by atoms with van der Waals surface area (Å²) in [5.41, 5.74) is 10.6. The first kappa shape index (κ1) is 17.5. The smallest absolute Gasteiger partial charge is 0.326 e. The van der Waals surface area contributed by atoms with Crippen molar-refractivity contribution in [1.82, 2.24) is 9.13 Å². The summed E-state index contributed by atoms with van der Waals surface area (Å²) < 4.78 is 3.29. The van der Waals surface area contributed by atoms with Crippen molar-refractivity contribution in [1.29, 1.82) is 0 Å². The summed E-state index contributed by atoms with van der Waals surface area (Å²) >= 11 is 0. The SMILES string of the molecule is CCn1c(=O)n(CC(=O)N2CCCc3c(CN)cccc32)c2ccccc21. The number of hydrogen-bond donors (Lipinski definition) is 1. The van der Waals surface area contributed by atoms with Crippen molar-refractivity contribution < 1.29 is 4.79 Å². The number of benzene rings is 2. The first-order valence-electron chi connectivity index (χ1n) is 9.45. The van der Waals surface area contributed by atoms with Gasteiger partial charge in [0.25, 0.3) is 0 Å². The summed E-state index contributed by atoms with van der Waals surface area (Å²) in [4.78, 5) is 27.8. The summed E-state index contributed by atoms with van der Waals surface area (Å²) in [5, 5.41) is 0. The third kappa shape index (κ3) is 2.86. The maximum absolute atomic E-state index is 13.1. The Bertz CT molecular complexity index is 1060. The Hall–Kier alpha value is -2.86. The van der Waals surface area contributed by atoms with Crippen LogP contribution in [-0.4, -0.2) is 21.6 Å². The number of aryl methyl sites for hydroxylation is 1. The first-order valence-corrected chi connectivity index (χ1v) is 9.45. The molecule has 2 N–H and O–H groups in total. The molecule has 4 rings (SSSR count). The van der Waals surface area contributed by atoms with Gasteiger partial charge in [-0.25, -0.2) is 4.79 Å². The van der Waals surface area contributed by atoms with Gasteiger partial charge in [-0.1, -0.05) is 24.3 Å². The van der Waals surface area contributed by atoms with Gasteiger partial charge in [0.1, 0.15) is 6.54 Å². The molecule has 0 spiro atoms. The van der Waals surface area contributed by atoms with E-state index in [1.54, 1.807) is 9.13 Å². The maximum atomic E-state index is 13.1. The number of carbonyl (C=O) groups excluding carboxylic acids is 1. The predicted octanol–water partition coefficient (Wildman–Crippen LogP) is 2.26. The lowest BCUT2D eigenvalue weighted by Gasteiger charge is -2.31. The van der Waals surface area contributed by atoms with Crippen LogP contribution < -0.4 is 16.3 Å². The number of carbonyl (C=O) groups is 1. The number of rotatable bonds is 4. The van der Waals surface area contributed by atoms with Gasteiger partial charge in [-0.2, -0.15) is 0 Å². The van der Waals surface area contributed by atoms with Crippen molar-refractivity contribution in [3.63, 3.8) is 0 Å². The third-order valence-corrected chi connectivity index (χ3v) is 5.40. The highest BCUT2D eigenvalue weighted by molar-refractivity contribution is 5.95. The van der Waals surface area contributed by atoms with Gasteiger partial charge in [-0.05, 0) is 49.1 Å². The number of nitrogens with zero attached hydrogens (tertiary/aromatic N) is 3. The number of amides is 1. The normalized spacial score (nSPS) is 13.8. The molecule has 0 unspecified atom stereocenters. The van der Waals surface area contributed by atoms with Gasteiger partial charge in [0.2, 0.25) is 5.91 Å². The van der Waals surface area contributed by atoms with Gasteiger partial charge in [-0.15, -0.1) is 0 Å². The van der Waals surface area contributed by atoms with Crippen LogP contribution in [0.1, 0.15) is 24.5 Å². The molecule has 1 aliphatic rings. The van der Waals surface area contributed by atoms with Crippen molar-refractivity contribution in [3.8, 4) is 0 Å². The van der Waals surface area contributed by atoms with E-state index in [2.05, 4.69) is 0 Å². The summed E-state index contributed by atoms with van der Waals surface area (Å²) in [6, 6.07) is 13.6. The van der Waals surface area contributed by atoms with Crippen molar-refractivity contribution >= 4 is 22.6 Å². The molecule has 0 saturated carbocycles. The van der Waals surface area contributed by atoms with E-state index in [0.717, 1.165) is 40.7 Å². The zero-order valence-corrected chi connectivity index (χ0v) is 15.5. The molecular weight excluding hydrogens is 340 g/mol. The molecule has 6 heteroatoms. The molecular formula is C21H24N4O2. The molecule has 27 heavy (non-hydrogen) atoms. The third-order valence-electron chi connectivity index (χ3n) is 5.40. The number of imidazole rings is 1. The summed E-state index contributed by atoms with van der Waals surface area (Å²) in [6.45, 7) is 3.69. The van der Waals surface area contributed by atoms with E-state index in [9.17, 15) is 9.59 Å². The monoisotopic (exact) mass is 364 g/mol. The van der Waals surface area contributed by atoms with Crippen molar-refractivity contribution in [2.75, 3.05) is 11.4 Å². The van der Waals surface area contributed by atoms with E-state index in [4.69, 9.17) is 5.73 Å². The molecule has 0 aliphatic carbocycles. The van der Waals surface area contributed by atoms with E-state index < -0.39 is 0 Å². The average Bonchev–Trinajstić information content (AvgIpc) is 2.98. The van der Waals surface area contributed by atoms with Crippen LogP contribution in [0.2, 0.25) is 0 Å². The zero-order valence-electron chi connectivity index (χ0n) is 15.5. The largest absolute Gasteiger partial charge is 0.329 e. The summed E-state index contributed by atoms with van der Waals surface area (Å²) in [6.07, 6.45) is 1.84. The molecule has 1 amide bonds.